The van der Waals surface area contributed by atoms with Crippen LogP contribution in [0.1, 0.15) is 20.8 Å². The fraction of sp³-hybridized carbons (Fsp3) is 0.300. The number of halogens is 2. The van der Waals surface area contributed by atoms with Crippen molar-refractivity contribution in [3.8, 4) is 11.3 Å². The Hall–Kier alpha value is -3.15. The first kappa shape index (κ1) is 24.0. The predicted molar refractivity (Wildman–Crippen MR) is 123 cm³/mol. The topological polar surface area (TPSA) is 137 Å². The minimum Gasteiger partial charge on any atom is -0.382 e. The Morgan fingerprint density at radius 1 is 1.24 bits per heavy atom. The van der Waals surface area contributed by atoms with Crippen LogP contribution in [0.4, 0.5) is 15.9 Å². The lowest BCUT2D eigenvalue weighted by atomic mass is 9.55. The van der Waals surface area contributed by atoms with E-state index in [1.807, 2.05) is 0 Å². The Balaban J connectivity index is 1.94. The molecule has 10 nitrogen and oxygen atoms in total. The average Bonchev–Trinajstić information content (AvgIpc) is 3.05. The molecular weight excluding hydrogens is 464 g/mol. The van der Waals surface area contributed by atoms with E-state index in [0.717, 1.165) is 13.0 Å². The number of fused-ring (bicyclic) bond motifs is 1. The molecule has 4 N–H and O–H groups in total. The maximum Gasteiger partial charge on any atom is 0.257 e. The first-order valence-electron chi connectivity index (χ1n) is 9.89. The van der Waals surface area contributed by atoms with Crippen LogP contribution in [0.15, 0.2) is 30.6 Å². The second-order valence-electron chi connectivity index (χ2n) is 8.46. The summed E-state index contributed by atoms with van der Waals surface area (Å²) in [6.07, 6.45) is 1.20. The Kier molecular flexibility index (Phi) is 5.24. The molecule has 1 aliphatic heterocycles. The second kappa shape index (κ2) is 7.42. The molecule has 3 heterocycles. The molecule has 0 aliphatic carbocycles. The highest BCUT2D eigenvalue weighted by Gasteiger charge is 2.64. The van der Waals surface area contributed by atoms with Gasteiger partial charge in [0.25, 0.3) is 11.8 Å². The molecule has 14 heteroatoms. The summed E-state index contributed by atoms with van der Waals surface area (Å²) in [7, 11) is 12.0. The molecule has 0 bridgehead atoms. The van der Waals surface area contributed by atoms with E-state index in [1.54, 1.807) is 0 Å². The average molecular weight is 482 g/mol. The van der Waals surface area contributed by atoms with Crippen LogP contribution in [0.2, 0.25) is 5.02 Å². The second-order valence-corrected chi connectivity index (χ2v) is 8.87. The molecule has 1 fully saturated rings. The SMILES string of the molecule is [B]C1([B])N(c2cc(-c3cc(Cl)c4c(N)ncnn34)ccc2F)C(=O)C(C)(C)N(C(C)=O)C1(O)O. The normalized spacial score (nSPS) is 19.0. The minimum atomic E-state index is -3.26. The summed E-state index contributed by atoms with van der Waals surface area (Å²) in [5.74, 6) is -5.93. The monoisotopic (exact) mass is 482 g/mol. The molecule has 3 aromatic rings. The van der Waals surface area contributed by atoms with Crippen molar-refractivity contribution in [3.63, 3.8) is 0 Å². The van der Waals surface area contributed by atoms with Crippen LogP contribution in [0.5, 0.6) is 0 Å². The first-order valence-corrected chi connectivity index (χ1v) is 10.3. The Morgan fingerprint density at radius 2 is 1.88 bits per heavy atom. The molecule has 1 aliphatic rings. The van der Waals surface area contributed by atoms with Gasteiger partial charge in [-0.15, -0.1) is 0 Å². The third kappa shape index (κ3) is 3.11. The quantitative estimate of drug-likeness (QED) is 0.355. The number of aromatic nitrogens is 3. The van der Waals surface area contributed by atoms with Crippen molar-refractivity contribution in [2.45, 2.75) is 37.6 Å². The van der Waals surface area contributed by atoms with Crippen LogP contribution in [0, 0.1) is 5.82 Å². The number of piperazine rings is 1. The van der Waals surface area contributed by atoms with Crippen molar-refractivity contribution in [1.29, 1.82) is 0 Å². The van der Waals surface area contributed by atoms with Crippen LogP contribution < -0.4 is 10.6 Å². The number of carbonyl (C=O) groups is 2. The van der Waals surface area contributed by atoms with Crippen molar-refractivity contribution in [3.05, 3.63) is 41.4 Å². The highest BCUT2D eigenvalue weighted by molar-refractivity contribution is 6.45. The van der Waals surface area contributed by atoms with Gasteiger partial charge in [-0.1, -0.05) is 11.6 Å². The minimum absolute atomic E-state index is 0.110. The molecule has 0 spiro atoms. The highest BCUT2D eigenvalue weighted by atomic mass is 35.5. The van der Waals surface area contributed by atoms with Gasteiger partial charge in [-0.3, -0.25) is 14.5 Å². The van der Waals surface area contributed by atoms with Crippen LogP contribution in [-0.2, 0) is 9.59 Å². The number of nitrogens with zero attached hydrogens (tertiary/aromatic N) is 5. The molecular formula is C20H18B2ClFN6O4. The van der Waals surface area contributed by atoms with Crippen molar-refractivity contribution in [1.82, 2.24) is 19.5 Å². The summed E-state index contributed by atoms with van der Waals surface area (Å²) >= 11 is 6.28. The lowest BCUT2D eigenvalue weighted by molar-refractivity contribution is -0.290. The molecule has 4 rings (SSSR count). The van der Waals surface area contributed by atoms with E-state index in [1.165, 1.54) is 42.9 Å². The number of benzene rings is 1. The molecule has 0 saturated carbocycles. The number of hydrogen-bond acceptors (Lipinski definition) is 7. The van der Waals surface area contributed by atoms with Gasteiger partial charge < -0.3 is 20.8 Å². The van der Waals surface area contributed by atoms with Gasteiger partial charge >= 0.3 is 0 Å². The summed E-state index contributed by atoms with van der Waals surface area (Å²) in [6, 6.07) is 5.15. The Bertz CT molecular complexity index is 1360. The first-order chi connectivity index (χ1) is 15.6. The van der Waals surface area contributed by atoms with Gasteiger partial charge in [-0.05, 0) is 38.1 Å². The maximum absolute atomic E-state index is 15.1. The summed E-state index contributed by atoms with van der Waals surface area (Å²) in [6.45, 7) is 3.52. The summed E-state index contributed by atoms with van der Waals surface area (Å²) in [5.41, 5.74) is 4.55. The number of nitrogen functional groups attached to an aromatic ring is 1. The number of nitrogens with two attached hydrogens (primary N) is 1. The number of amides is 2. The van der Waals surface area contributed by atoms with E-state index in [2.05, 4.69) is 10.1 Å². The fourth-order valence-electron chi connectivity index (χ4n) is 4.25. The fourth-order valence-corrected chi connectivity index (χ4v) is 4.53. The smallest absolute Gasteiger partial charge is 0.257 e. The van der Waals surface area contributed by atoms with E-state index >= 15 is 4.39 Å². The molecule has 0 atom stereocenters. The van der Waals surface area contributed by atoms with Gasteiger partial charge in [0.05, 0.1) is 16.4 Å². The van der Waals surface area contributed by atoms with Gasteiger partial charge in [-0.2, -0.15) is 5.10 Å². The van der Waals surface area contributed by atoms with Gasteiger partial charge in [-0.25, -0.2) is 13.9 Å². The third-order valence-electron chi connectivity index (χ3n) is 5.84. The highest BCUT2D eigenvalue weighted by Crippen LogP contribution is 2.43. The molecule has 2 amide bonds. The zero-order valence-corrected chi connectivity index (χ0v) is 19.1. The lowest BCUT2D eigenvalue weighted by Crippen LogP contribution is -2.85. The van der Waals surface area contributed by atoms with E-state index in [9.17, 15) is 19.8 Å². The summed E-state index contributed by atoms with van der Waals surface area (Å²) in [4.78, 5) is 30.5. The summed E-state index contributed by atoms with van der Waals surface area (Å²) < 4.78 is 16.5. The van der Waals surface area contributed by atoms with Crippen molar-refractivity contribution >= 4 is 56.1 Å². The standard InChI is InChI=1S/C20H18B2ClFN6O4/c1-9(31)30-18(2,3)17(32)28(19(21,22)20(30,33)34)14-6-10(4-5-12(14)24)13-7-11(23)15-16(25)26-8-27-29(13)15/h4-8,33-34H,1-3H3,(H2,25,26,27). The number of carbonyl (C=O) groups excluding carboxylic acids is 2. The van der Waals surface area contributed by atoms with Crippen molar-refractivity contribution in [2.24, 2.45) is 0 Å². The van der Waals surface area contributed by atoms with E-state index in [4.69, 9.17) is 33.0 Å². The van der Waals surface area contributed by atoms with Crippen LogP contribution in [0.25, 0.3) is 16.8 Å². The Morgan fingerprint density at radius 3 is 2.50 bits per heavy atom. The van der Waals surface area contributed by atoms with E-state index in [-0.39, 0.29) is 10.8 Å². The molecule has 4 radical (unpaired) electrons. The number of aliphatic hydroxyl groups is 2. The third-order valence-corrected chi connectivity index (χ3v) is 6.13. The van der Waals surface area contributed by atoms with E-state index in [0.29, 0.717) is 26.6 Å². The van der Waals surface area contributed by atoms with Gasteiger partial charge in [0.1, 0.15) is 38.9 Å². The van der Waals surface area contributed by atoms with Crippen LogP contribution >= 0.6 is 11.6 Å². The van der Waals surface area contributed by atoms with Gasteiger partial charge in [0.2, 0.25) is 5.91 Å². The van der Waals surface area contributed by atoms with E-state index < -0.39 is 40.1 Å². The van der Waals surface area contributed by atoms with Crippen LogP contribution in [-0.4, -0.2) is 74.0 Å². The molecule has 2 aromatic heterocycles. The molecule has 172 valence electrons. The lowest BCUT2D eigenvalue weighted by Gasteiger charge is -2.61. The number of hydrogen-bond donors (Lipinski definition) is 3. The van der Waals surface area contributed by atoms with Crippen LogP contribution in [0.3, 0.4) is 0 Å². The largest absolute Gasteiger partial charge is 0.382 e. The predicted octanol–water partition coefficient (Wildman–Crippen LogP) is 0.374. The molecule has 0 unspecified atom stereocenters. The Labute approximate surface area is 200 Å². The van der Waals surface area contributed by atoms with Crippen molar-refractivity contribution < 1.29 is 24.2 Å². The molecule has 1 aromatic carbocycles. The molecule has 1 saturated heterocycles. The zero-order valence-electron chi connectivity index (χ0n) is 18.3. The van der Waals surface area contributed by atoms with Gasteiger partial charge in [0.15, 0.2) is 5.82 Å². The summed E-state index contributed by atoms with van der Waals surface area (Å²) in [5, 5.41) is 23.1. The zero-order chi connectivity index (χ0) is 25.4. The van der Waals surface area contributed by atoms with Gasteiger partial charge in [0, 0.05) is 17.8 Å². The number of rotatable bonds is 2. The van der Waals surface area contributed by atoms with Crippen molar-refractivity contribution in [2.75, 3.05) is 10.6 Å². The number of anilines is 2. The maximum atomic E-state index is 15.1. The molecule has 34 heavy (non-hydrogen) atoms.